The van der Waals surface area contributed by atoms with E-state index in [-0.39, 0.29) is 11.0 Å². The molecule has 0 unspecified atom stereocenters. The number of fused-ring (bicyclic) bond motifs is 1. The second-order valence-corrected chi connectivity index (χ2v) is 5.20. The lowest BCUT2D eigenvalue weighted by atomic mass is 10.1. The van der Waals surface area contributed by atoms with Crippen molar-refractivity contribution in [1.29, 1.82) is 0 Å². The van der Waals surface area contributed by atoms with Crippen LogP contribution in [-0.4, -0.2) is 15.9 Å². The first-order chi connectivity index (χ1) is 10.6. The largest absolute Gasteiger partial charge is 0.360 e. The van der Waals surface area contributed by atoms with Crippen LogP contribution in [0.2, 0.25) is 5.02 Å². The summed E-state index contributed by atoms with van der Waals surface area (Å²) >= 11 is 5.90. The summed E-state index contributed by atoms with van der Waals surface area (Å²) in [7, 11) is 0. The van der Waals surface area contributed by atoms with Crippen LogP contribution in [-0.2, 0) is 6.54 Å². The normalized spacial score (nSPS) is 10.6. The Balaban J connectivity index is 1.88. The molecule has 0 saturated heterocycles. The van der Waals surface area contributed by atoms with Crippen molar-refractivity contribution in [2.75, 3.05) is 0 Å². The lowest BCUT2D eigenvalue weighted by molar-refractivity contribution is 0.0949. The Labute approximate surface area is 131 Å². The number of halogens is 1. The van der Waals surface area contributed by atoms with Crippen molar-refractivity contribution in [3.63, 3.8) is 0 Å². The van der Waals surface area contributed by atoms with Crippen LogP contribution in [0, 0.1) is 0 Å². The van der Waals surface area contributed by atoms with Gasteiger partial charge in [-0.05, 0) is 35.9 Å². The molecular formula is C16H12ClN3O2. The van der Waals surface area contributed by atoms with Gasteiger partial charge < -0.3 is 10.3 Å². The van der Waals surface area contributed by atoms with Gasteiger partial charge in [-0.2, -0.15) is 0 Å². The Morgan fingerprint density at radius 3 is 2.77 bits per heavy atom. The summed E-state index contributed by atoms with van der Waals surface area (Å²) in [6.45, 7) is 0.328. The van der Waals surface area contributed by atoms with Crippen LogP contribution in [0.4, 0.5) is 0 Å². The number of carbonyl (C=O) groups is 1. The van der Waals surface area contributed by atoms with Crippen molar-refractivity contribution < 1.29 is 4.79 Å². The highest BCUT2D eigenvalue weighted by molar-refractivity contribution is 6.31. The molecule has 2 heterocycles. The lowest BCUT2D eigenvalue weighted by Crippen LogP contribution is -2.28. The van der Waals surface area contributed by atoms with Crippen LogP contribution in [0.15, 0.2) is 53.7 Å². The standard InChI is InChI=1S/C16H12ClN3O2/c17-11-1-2-14-12(7-11)15(21)13(9-19-14)16(22)20-8-10-3-5-18-6-4-10/h1-7,9H,8H2,(H,19,21)(H,20,22). The Morgan fingerprint density at radius 1 is 1.23 bits per heavy atom. The van der Waals surface area contributed by atoms with Crippen LogP contribution in [0.5, 0.6) is 0 Å². The van der Waals surface area contributed by atoms with E-state index in [4.69, 9.17) is 11.6 Å². The number of benzene rings is 1. The summed E-state index contributed by atoms with van der Waals surface area (Å²) < 4.78 is 0. The van der Waals surface area contributed by atoms with Crippen LogP contribution < -0.4 is 10.7 Å². The summed E-state index contributed by atoms with van der Waals surface area (Å²) in [5.74, 6) is -0.431. The van der Waals surface area contributed by atoms with Crippen LogP contribution in [0.25, 0.3) is 10.9 Å². The van der Waals surface area contributed by atoms with Gasteiger partial charge >= 0.3 is 0 Å². The monoisotopic (exact) mass is 313 g/mol. The smallest absolute Gasteiger partial charge is 0.257 e. The van der Waals surface area contributed by atoms with Gasteiger partial charge in [0.05, 0.1) is 0 Å². The second kappa shape index (κ2) is 5.99. The van der Waals surface area contributed by atoms with Crippen molar-refractivity contribution in [3.8, 4) is 0 Å². The second-order valence-electron chi connectivity index (χ2n) is 4.76. The minimum atomic E-state index is -0.431. The van der Waals surface area contributed by atoms with E-state index in [9.17, 15) is 9.59 Å². The fourth-order valence-corrected chi connectivity index (χ4v) is 2.31. The number of aromatic amines is 1. The van der Waals surface area contributed by atoms with Crippen molar-refractivity contribution in [2.45, 2.75) is 6.54 Å². The molecule has 3 aromatic rings. The Kier molecular flexibility index (Phi) is 3.89. The molecule has 0 bridgehead atoms. The predicted molar refractivity (Wildman–Crippen MR) is 85.0 cm³/mol. The van der Waals surface area contributed by atoms with Crippen LogP contribution in [0.1, 0.15) is 15.9 Å². The van der Waals surface area contributed by atoms with E-state index in [2.05, 4.69) is 15.3 Å². The van der Waals surface area contributed by atoms with Crippen molar-refractivity contribution in [2.24, 2.45) is 0 Å². The number of carbonyl (C=O) groups excluding carboxylic acids is 1. The summed E-state index contributed by atoms with van der Waals surface area (Å²) in [6.07, 6.45) is 4.71. The molecule has 0 atom stereocenters. The van der Waals surface area contributed by atoms with Gasteiger partial charge in [0.25, 0.3) is 5.91 Å². The van der Waals surface area contributed by atoms with E-state index in [0.717, 1.165) is 5.56 Å². The molecule has 0 aliphatic heterocycles. The third-order valence-corrected chi connectivity index (χ3v) is 3.53. The third kappa shape index (κ3) is 2.84. The maximum Gasteiger partial charge on any atom is 0.257 e. The number of aromatic nitrogens is 2. The molecule has 0 fully saturated rings. The zero-order valence-corrected chi connectivity index (χ0v) is 12.2. The minimum absolute atomic E-state index is 0.0591. The predicted octanol–water partition coefficient (Wildman–Crippen LogP) is 2.51. The molecule has 0 radical (unpaired) electrons. The number of H-pyrrole nitrogens is 1. The molecule has 110 valence electrons. The zero-order chi connectivity index (χ0) is 15.5. The molecule has 1 aromatic carbocycles. The van der Waals surface area contributed by atoms with E-state index in [1.165, 1.54) is 6.20 Å². The molecule has 2 N–H and O–H groups in total. The zero-order valence-electron chi connectivity index (χ0n) is 11.5. The van der Waals surface area contributed by atoms with Gasteiger partial charge in [0.2, 0.25) is 5.43 Å². The van der Waals surface area contributed by atoms with Crippen LogP contribution >= 0.6 is 11.6 Å². The minimum Gasteiger partial charge on any atom is -0.360 e. The number of nitrogens with one attached hydrogen (secondary N) is 2. The molecule has 6 heteroatoms. The number of hydrogen-bond acceptors (Lipinski definition) is 3. The maximum atomic E-state index is 12.4. The molecular weight excluding hydrogens is 302 g/mol. The van der Waals surface area contributed by atoms with Gasteiger partial charge in [-0.15, -0.1) is 0 Å². The molecule has 0 aliphatic rings. The maximum absolute atomic E-state index is 12.4. The number of rotatable bonds is 3. The molecule has 0 spiro atoms. The first-order valence-electron chi connectivity index (χ1n) is 6.63. The third-order valence-electron chi connectivity index (χ3n) is 3.29. The van der Waals surface area contributed by atoms with Crippen molar-refractivity contribution >= 4 is 28.4 Å². The Hall–Kier alpha value is -2.66. The van der Waals surface area contributed by atoms with E-state index < -0.39 is 5.91 Å². The average molecular weight is 314 g/mol. The first-order valence-corrected chi connectivity index (χ1v) is 7.01. The summed E-state index contributed by atoms with van der Waals surface area (Å²) in [6, 6.07) is 8.53. The van der Waals surface area contributed by atoms with Gasteiger partial charge in [0.15, 0.2) is 0 Å². The summed E-state index contributed by atoms with van der Waals surface area (Å²) in [4.78, 5) is 31.4. The van der Waals surface area contributed by atoms with E-state index in [1.807, 2.05) is 0 Å². The highest BCUT2D eigenvalue weighted by Crippen LogP contribution is 2.15. The molecule has 0 saturated carbocycles. The quantitative estimate of drug-likeness (QED) is 0.780. The molecule has 5 nitrogen and oxygen atoms in total. The fourth-order valence-electron chi connectivity index (χ4n) is 2.14. The average Bonchev–Trinajstić information content (AvgIpc) is 2.54. The highest BCUT2D eigenvalue weighted by atomic mass is 35.5. The number of hydrogen-bond donors (Lipinski definition) is 2. The first kappa shape index (κ1) is 14.3. The summed E-state index contributed by atoms with van der Waals surface area (Å²) in [5.41, 5.74) is 1.26. The molecule has 2 aromatic heterocycles. The summed E-state index contributed by atoms with van der Waals surface area (Å²) in [5, 5.41) is 3.56. The van der Waals surface area contributed by atoms with Crippen LogP contribution in [0.3, 0.4) is 0 Å². The Bertz CT molecular complexity index is 891. The van der Waals surface area contributed by atoms with Gasteiger partial charge in [-0.3, -0.25) is 14.6 Å². The SMILES string of the molecule is O=C(NCc1ccncc1)c1c[nH]c2ccc(Cl)cc2c1=O. The topological polar surface area (TPSA) is 74.8 Å². The van der Waals surface area contributed by atoms with Crippen molar-refractivity contribution in [3.05, 3.63) is 75.3 Å². The highest BCUT2D eigenvalue weighted by Gasteiger charge is 2.12. The van der Waals surface area contributed by atoms with E-state index in [0.29, 0.717) is 22.5 Å². The molecule has 0 aliphatic carbocycles. The fraction of sp³-hybridized carbons (Fsp3) is 0.0625. The van der Waals surface area contributed by atoms with Gasteiger partial charge in [0.1, 0.15) is 5.56 Å². The number of nitrogens with zero attached hydrogens (tertiary/aromatic N) is 1. The number of amides is 1. The van der Waals surface area contributed by atoms with Gasteiger partial charge in [-0.1, -0.05) is 11.6 Å². The van der Waals surface area contributed by atoms with E-state index >= 15 is 0 Å². The van der Waals surface area contributed by atoms with Gasteiger partial charge in [0, 0.05) is 41.1 Å². The van der Waals surface area contributed by atoms with E-state index in [1.54, 1.807) is 42.7 Å². The lowest BCUT2D eigenvalue weighted by Gasteiger charge is -2.06. The van der Waals surface area contributed by atoms with Gasteiger partial charge in [-0.25, -0.2) is 0 Å². The number of pyridine rings is 2. The Morgan fingerprint density at radius 2 is 2.00 bits per heavy atom. The molecule has 3 rings (SSSR count). The molecule has 1 amide bonds. The molecule has 22 heavy (non-hydrogen) atoms. The van der Waals surface area contributed by atoms with Crippen molar-refractivity contribution in [1.82, 2.24) is 15.3 Å².